The van der Waals surface area contributed by atoms with Gasteiger partial charge < -0.3 is 10.1 Å². The average Bonchev–Trinajstić information content (AvgIpc) is 2.53. The van der Waals surface area contributed by atoms with E-state index in [0.29, 0.717) is 29.2 Å². The van der Waals surface area contributed by atoms with Gasteiger partial charge in [-0.1, -0.05) is 19.1 Å². The molecule has 0 spiro atoms. The number of para-hydroxylation sites is 1. The molecule has 2 rings (SSSR count). The Kier molecular flexibility index (Phi) is 5.83. The molecular formula is C16H26N2O3S. The number of sulfone groups is 1. The quantitative estimate of drug-likeness (QED) is 0.866. The lowest BCUT2D eigenvalue weighted by molar-refractivity contribution is -0.0159. The molecule has 1 aliphatic rings. The maximum Gasteiger partial charge on any atom is 0.180 e. The Morgan fingerprint density at radius 3 is 2.82 bits per heavy atom. The Balaban J connectivity index is 2.05. The smallest absolute Gasteiger partial charge is 0.180 e. The van der Waals surface area contributed by atoms with Crippen LogP contribution in [-0.2, 0) is 14.6 Å². The van der Waals surface area contributed by atoms with Gasteiger partial charge in [0.15, 0.2) is 9.84 Å². The molecule has 1 aromatic carbocycles. The SMILES string of the molecule is CCS(=O)(=O)c1ccccc1NC[C@H](C)N1CCOC[C@@H]1C. The van der Waals surface area contributed by atoms with Crippen LogP contribution in [0.2, 0.25) is 0 Å². The topological polar surface area (TPSA) is 58.6 Å². The minimum Gasteiger partial charge on any atom is -0.382 e. The van der Waals surface area contributed by atoms with Crippen LogP contribution in [0.5, 0.6) is 0 Å². The van der Waals surface area contributed by atoms with Crippen molar-refractivity contribution in [2.24, 2.45) is 0 Å². The molecule has 0 unspecified atom stereocenters. The molecule has 0 amide bonds. The summed E-state index contributed by atoms with van der Waals surface area (Å²) in [6, 6.07) is 7.83. The summed E-state index contributed by atoms with van der Waals surface area (Å²) < 4.78 is 29.8. The van der Waals surface area contributed by atoms with Crippen LogP contribution in [0.1, 0.15) is 20.8 Å². The van der Waals surface area contributed by atoms with Crippen LogP contribution in [0, 0.1) is 0 Å². The first-order valence-corrected chi connectivity index (χ1v) is 9.50. The van der Waals surface area contributed by atoms with Crippen molar-refractivity contribution in [3.63, 3.8) is 0 Å². The molecule has 1 N–H and O–H groups in total. The number of anilines is 1. The second-order valence-corrected chi connectivity index (χ2v) is 8.04. The predicted octanol–water partition coefficient (Wildman–Crippen LogP) is 2.00. The highest BCUT2D eigenvalue weighted by Gasteiger charge is 2.24. The van der Waals surface area contributed by atoms with Gasteiger partial charge >= 0.3 is 0 Å². The fraction of sp³-hybridized carbons (Fsp3) is 0.625. The van der Waals surface area contributed by atoms with Gasteiger partial charge in [0, 0.05) is 25.2 Å². The highest BCUT2D eigenvalue weighted by Crippen LogP contribution is 2.22. The van der Waals surface area contributed by atoms with Gasteiger partial charge in [-0.3, -0.25) is 4.90 Å². The lowest BCUT2D eigenvalue weighted by atomic mass is 10.2. The Morgan fingerprint density at radius 1 is 1.41 bits per heavy atom. The average molecular weight is 326 g/mol. The lowest BCUT2D eigenvalue weighted by Crippen LogP contribution is -2.50. The van der Waals surface area contributed by atoms with Crippen molar-refractivity contribution in [2.75, 3.05) is 37.4 Å². The van der Waals surface area contributed by atoms with Gasteiger partial charge in [-0.05, 0) is 26.0 Å². The van der Waals surface area contributed by atoms with Gasteiger partial charge in [-0.2, -0.15) is 0 Å². The molecule has 5 nitrogen and oxygen atoms in total. The largest absolute Gasteiger partial charge is 0.382 e. The zero-order valence-electron chi connectivity index (χ0n) is 13.6. The van der Waals surface area contributed by atoms with Crippen molar-refractivity contribution >= 4 is 15.5 Å². The molecule has 1 fully saturated rings. The minimum atomic E-state index is -3.21. The van der Waals surface area contributed by atoms with Crippen molar-refractivity contribution in [1.82, 2.24) is 4.90 Å². The van der Waals surface area contributed by atoms with Crippen molar-refractivity contribution in [1.29, 1.82) is 0 Å². The second kappa shape index (κ2) is 7.44. The number of rotatable bonds is 6. The van der Waals surface area contributed by atoms with Crippen LogP contribution in [0.15, 0.2) is 29.2 Å². The Bertz CT molecular complexity index is 589. The molecule has 1 saturated heterocycles. The van der Waals surface area contributed by atoms with Crippen LogP contribution in [0.25, 0.3) is 0 Å². The third kappa shape index (κ3) is 4.00. The molecule has 22 heavy (non-hydrogen) atoms. The van der Waals surface area contributed by atoms with Crippen molar-refractivity contribution in [3.8, 4) is 0 Å². The fourth-order valence-electron chi connectivity index (χ4n) is 2.81. The van der Waals surface area contributed by atoms with E-state index in [9.17, 15) is 8.42 Å². The molecule has 0 aliphatic carbocycles. The number of nitrogens with zero attached hydrogens (tertiary/aromatic N) is 1. The third-order valence-electron chi connectivity index (χ3n) is 4.18. The number of hydrogen-bond acceptors (Lipinski definition) is 5. The number of benzene rings is 1. The summed E-state index contributed by atoms with van der Waals surface area (Å²) in [4.78, 5) is 2.78. The van der Waals surface area contributed by atoms with Gasteiger partial charge in [0.25, 0.3) is 0 Å². The molecule has 124 valence electrons. The normalized spacial score (nSPS) is 21.5. The maximum atomic E-state index is 12.2. The van der Waals surface area contributed by atoms with Gasteiger partial charge in [-0.25, -0.2) is 8.42 Å². The molecule has 1 heterocycles. The highest BCUT2D eigenvalue weighted by molar-refractivity contribution is 7.91. The van der Waals surface area contributed by atoms with Gasteiger partial charge in [0.05, 0.1) is 29.5 Å². The summed E-state index contributed by atoms with van der Waals surface area (Å²) in [5, 5.41) is 3.31. The number of hydrogen-bond donors (Lipinski definition) is 1. The summed E-state index contributed by atoms with van der Waals surface area (Å²) in [6.45, 7) is 9.13. The van der Waals surface area contributed by atoms with Crippen molar-refractivity contribution in [2.45, 2.75) is 37.8 Å². The van der Waals surface area contributed by atoms with Crippen molar-refractivity contribution in [3.05, 3.63) is 24.3 Å². The maximum absolute atomic E-state index is 12.2. The van der Waals surface area contributed by atoms with Crippen LogP contribution in [-0.4, -0.2) is 57.5 Å². The van der Waals surface area contributed by atoms with Gasteiger partial charge in [-0.15, -0.1) is 0 Å². The van der Waals surface area contributed by atoms with E-state index in [-0.39, 0.29) is 5.75 Å². The predicted molar refractivity (Wildman–Crippen MR) is 89.1 cm³/mol. The second-order valence-electron chi connectivity index (χ2n) is 5.79. The first-order valence-electron chi connectivity index (χ1n) is 7.85. The first-order chi connectivity index (χ1) is 10.5. The zero-order chi connectivity index (χ0) is 16.2. The molecule has 2 atom stereocenters. The Labute approximate surface area is 133 Å². The minimum absolute atomic E-state index is 0.113. The van der Waals surface area contributed by atoms with Crippen LogP contribution < -0.4 is 5.32 Å². The first kappa shape index (κ1) is 17.2. The monoisotopic (exact) mass is 326 g/mol. The van der Waals surface area contributed by atoms with E-state index in [4.69, 9.17) is 4.74 Å². The Morgan fingerprint density at radius 2 is 2.14 bits per heavy atom. The van der Waals surface area contributed by atoms with Gasteiger partial charge in [0.1, 0.15) is 0 Å². The molecule has 1 aromatic rings. The molecule has 1 aliphatic heterocycles. The highest BCUT2D eigenvalue weighted by atomic mass is 32.2. The van der Waals surface area contributed by atoms with Crippen LogP contribution in [0.4, 0.5) is 5.69 Å². The number of morpholine rings is 1. The van der Waals surface area contributed by atoms with E-state index < -0.39 is 9.84 Å². The van der Waals surface area contributed by atoms with Crippen LogP contribution in [0.3, 0.4) is 0 Å². The molecule has 0 aromatic heterocycles. The number of ether oxygens (including phenoxy) is 1. The summed E-state index contributed by atoms with van der Waals surface area (Å²) >= 11 is 0. The standard InChI is InChI=1S/C16H26N2O3S/c1-4-22(19,20)16-8-6-5-7-15(16)17-11-13(2)18-9-10-21-12-14(18)3/h5-8,13-14,17H,4,9-12H2,1-3H3/t13-,14-/m0/s1. The molecular weight excluding hydrogens is 300 g/mol. The molecule has 0 radical (unpaired) electrons. The van der Waals surface area contributed by atoms with E-state index >= 15 is 0 Å². The van der Waals surface area contributed by atoms with E-state index in [1.807, 2.05) is 12.1 Å². The summed E-state index contributed by atoms with van der Waals surface area (Å²) in [5.41, 5.74) is 0.692. The summed E-state index contributed by atoms with van der Waals surface area (Å²) in [7, 11) is -3.21. The fourth-order valence-corrected chi connectivity index (χ4v) is 3.88. The van der Waals surface area contributed by atoms with Gasteiger partial charge in [0.2, 0.25) is 0 Å². The Hall–Kier alpha value is -1.11. The molecule has 0 saturated carbocycles. The van der Waals surface area contributed by atoms with E-state index in [0.717, 1.165) is 19.8 Å². The van der Waals surface area contributed by atoms with E-state index in [1.165, 1.54) is 0 Å². The van der Waals surface area contributed by atoms with Crippen molar-refractivity contribution < 1.29 is 13.2 Å². The van der Waals surface area contributed by atoms with Crippen LogP contribution >= 0.6 is 0 Å². The van der Waals surface area contributed by atoms with E-state index in [2.05, 4.69) is 24.1 Å². The molecule has 6 heteroatoms. The zero-order valence-corrected chi connectivity index (χ0v) is 14.4. The molecule has 0 bridgehead atoms. The summed E-state index contributed by atoms with van der Waals surface area (Å²) in [6.07, 6.45) is 0. The van der Waals surface area contributed by atoms with E-state index in [1.54, 1.807) is 19.1 Å². The lowest BCUT2D eigenvalue weighted by Gasteiger charge is -2.38. The summed E-state index contributed by atoms with van der Waals surface area (Å²) in [5.74, 6) is 0.113. The third-order valence-corrected chi connectivity index (χ3v) is 5.96. The number of nitrogens with one attached hydrogen (secondary N) is 1.